The first-order valence-corrected chi connectivity index (χ1v) is 10.7. The largest absolute Gasteiger partial charge is 0.465 e. The summed E-state index contributed by atoms with van der Waals surface area (Å²) in [7, 11) is 1.40. The molecule has 2 aromatic heterocycles. The number of thiophene rings is 1. The lowest BCUT2D eigenvalue weighted by Gasteiger charge is -2.09. The summed E-state index contributed by atoms with van der Waals surface area (Å²) in [5, 5.41) is 12.5. The number of esters is 1. The van der Waals surface area contributed by atoms with Crippen LogP contribution < -0.4 is 10.6 Å². The van der Waals surface area contributed by atoms with Gasteiger partial charge in [-0.25, -0.2) is 4.79 Å². The number of carbonyl (C=O) groups is 1. The Bertz CT molecular complexity index is 1080. The van der Waals surface area contributed by atoms with Crippen molar-refractivity contribution in [3.8, 4) is 0 Å². The van der Waals surface area contributed by atoms with E-state index in [1.807, 2.05) is 36.5 Å². The van der Waals surface area contributed by atoms with E-state index in [1.165, 1.54) is 12.0 Å². The van der Waals surface area contributed by atoms with Gasteiger partial charge in [0, 0.05) is 22.2 Å². The van der Waals surface area contributed by atoms with Crippen LogP contribution in [0.1, 0.15) is 32.8 Å². The van der Waals surface area contributed by atoms with Crippen molar-refractivity contribution in [1.29, 1.82) is 0 Å². The Hall–Kier alpha value is -2.42. The molecule has 4 rings (SSSR count). The topological polar surface area (TPSA) is 68.2 Å². The number of halogens is 1. The van der Waals surface area contributed by atoms with Gasteiger partial charge in [-0.05, 0) is 48.7 Å². The maximum absolute atomic E-state index is 12.3. The third-order valence-electron chi connectivity index (χ3n) is 4.71. The Morgan fingerprint density at radius 3 is 2.93 bits per heavy atom. The van der Waals surface area contributed by atoms with Gasteiger partial charge >= 0.3 is 5.97 Å². The van der Waals surface area contributed by atoms with E-state index < -0.39 is 0 Å². The predicted molar refractivity (Wildman–Crippen MR) is 120 cm³/mol. The normalized spacial score (nSPS) is 12.5. The van der Waals surface area contributed by atoms with E-state index in [1.54, 1.807) is 16.0 Å². The smallest absolute Gasteiger partial charge is 0.341 e. The molecule has 0 saturated heterocycles. The number of hydrogen-bond acceptors (Lipinski definition) is 5. The zero-order valence-electron chi connectivity index (χ0n) is 15.7. The molecule has 0 saturated carbocycles. The van der Waals surface area contributed by atoms with E-state index in [-0.39, 0.29) is 5.97 Å². The van der Waals surface area contributed by atoms with Gasteiger partial charge in [0.15, 0.2) is 10.9 Å². The van der Waals surface area contributed by atoms with Crippen LogP contribution in [0.25, 0.3) is 0 Å². The van der Waals surface area contributed by atoms with Crippen LogP contribution in [0.2, 0.25) is 5.02 Å². The summed E-state index contributed by atoms with van der Waals surface area (Å²) in [5.41, 5.74) is 2.66. The minimum atomic E-state index is -0.335. The number of aromatic nitrogens is 2. The summed E-state index contributed by atoms with van der Waals surface area (Å²) in [6, 6.07) is 9.50. The highest BCUT2D eigenvalue weighted by Gasteiger charge is 2.27. The number of anilines is 2. The van der Waals surface area contributed by atoms with Crippen LogP contribution in [-0.4, -0.2) is 28.0 Å². The van der Waals surface area contributed by atoms with Crippen LogP contribution in [0.15, 0.2) is 36.5 Å². The van der Waals surface area contributed by atoms with Gasteiger partial charge in [-0.15, -0.1) is 11.3 Å². The summed E-state index contributed by atoms with van der Waals surface area (Å²) in [6.45, 7) is 0.561. The van der Waals surface area contributed by atoms with Gasteiger partial charge in [-0.1, -0.05) is 29.8 Å². The fourth-order valence-corrected chi connectivity index (χ4v) is 5.13. The van der Waals surface area contributed by atoms with Crippen molar-refractivity contribution in [2.24, 2.45) is 0 Å². The molecule has 3 aromatic rings. The van der Waals surface area contributed by atoms with Gasteiger partial charge in [0.2, 0.25) is 0 Å². The van der Waals surface area contributed by atoms with Crippen molar-refractivity contribution in [1.82, 2.24) is 9.78 Å². The van der Waals surface area contributed by atoms with E-state index in [0.717, 1.165) is 35.4 Å². The van der Waals surface area contributed by atoms with E-state index in [9.17, 15) is 4.79 Å². The number of nitrogens with zero attached hydrogens (tertiary/aromatic N) is 2. The van der Waals surface area contributed by atoms with Crippen molar-refractivity contribution in [3.63, 3.8) is 0 Å². The molecular weight excluding hydrogens is 428 g/mol. The summed E-state index contributed by atoms with van der Waals surface area (Å²) in [6.07, 6.45) is 4.80. The average Bonchev–Trinajstić information content (AvgIpc) is 3.39. The number of hydrogen-bond donors (Lipinski definition) is 2. The van der Waals surface area contributed by atoms with Gasteiger partial charge in [-0.3, -0.25) is 4.68 Å². The number of carbonyl (C=O) groups excluding carboxylic acids is 1. The summed E-state index contributed by atoms with van der Waals surface area (Å²) in [4.78, 5) is 13.5. The molecule has 0 bridgehead atoms. The molecule has 9 heteroatoms. The fourth-order valence-electron chi connectivity index (χ4n) is 3.38. The quantitative estimate of drug-likeness (QED) is 0.436. The van der Waals surface area contributed by atoms with Crippen LogP contribution in [0.4, 0.5) is 10.8 Å². The molecular formula is C20H19ClN4O2S2. The van der Waals surface area contributed by atoms with Crippen LogP contribution in [-0.2, 0) is 24.1 Å². The van der Waals surface area contributed by atoms with Crippen molar-refractivity contribution in [2.75, 3.05) is 17.7 Å². The zero-order chi connectivity index (χ0) is 20.4. The van der Waals surface area contributed by atoms with Gasteiger partial charge in [0.1, 0.15) is 5.00 Å². The molecule has 0 atom stereocenters. The average molecular weight is 447 g/mol. The Morgan fingerprint density at radius 2 is 2.14 bits per heavy atom. The Balaban J connectivity index is 1.44. The monoisotopic (exact) mass is 446 g/mol. The molecule has 0 radical (unpaired) electrons. The third kappa shape index (κ3) is 4.29. The Morgan fingerprint density at radius 1 is 1.31 bits per heavy atom. The standard InChI is InChI=1S/C20H19ClN4O2S2/c1-27-19(26)17-13-6-4-8-15(13)29-18(17)23-20(28)22-16-9-10-25(24-16)11-12-5-2-3-7-14(12)21/h2-3,5,7,9-10H,4,6,8,11H2,1H3,(H2,22,23,24,28). The zero-order valence-corrected chi connectivity index (χ0v) is 18.1. The van der Waals surface area contributed by atoms with Crippen LogP contribution >= 0.6 is 35.2 Å². The molecule has 0 amide bonds. The first-order valence-electron chi connectivity index (χ1n) is 9.13. The molecule has 1 aliphatic rings. The lowest BCUT2D eigenvalue weighted by molar-refractivity contribution is 0.0601. The highest BCUT2D eigenvalue weighted by Crippen LogP contribution is 2.39. The van der Waals surface area contributed by atoms with Gasteiger partial charge in [0.25, 0.3) is 0 Å². The maximum Gasteiger partial charge on any atom is 0.341 e. The first kappa shape index (κ1) is 19.9. The highest BCUT2D eigenvalue weighted by atomic mass is 35.5. The number of fused-ring (bicyclic) bond motifs is 1. The Labute approximate surface area is 182 Å². The molecule has 0 aliphatic heterocycles. The molecule has 0 unspecified atom stereocenters. The minimum absolute atomic E-state index is 0.335. The van der Waals surface area contributed by atoms with Crippen LogP contribution in [0, 0.1) is 0 Å². The number of nitrogens with one attached hydrogen (secondary N) is 2. The number of thiocarbonyl (C=S) groups is 1. The minimum Gasteiger partial charge on any atom is -0.465 e. The fraction of sp³-hybridized carbons (Fsp3) is 0.250. The molecule has 1 aromatic carbocycles. The first-order chi connectivity index (χ1) is 14.0. The van der Waals surface area contributed by atoms with E-state index in [0.29, 0.717) is 28.1 Å². The summed E-state index contributed by atoms with van der Waals surface area (Å²) in [5.74, 6) is 0.275. The maximum atomic E-state index is 12.3. The summed E-state index contributed by atoms with van der Waals surface area (Å²) >= 11 is 13.2. The number of benzene rings is 1. The van der Waals surface area contributed by atoms with Gasteiger partial charge < -0.3 is 15.4 Å². The lowest BCUT2D eigenvalue weighted by atomic mass is 10.1. The molecule has 2 N–H and O–H groups in total. The second kappa shape index (κ2) is 8.52. The second-order valence-electron chi connectivity index (χ2n) is 6.62. The van der Waals surface area contributed by atoms with Crippen molar-refractivity contribution in [2.45, 2.75) is 25.8 Å². The molecule has 29 heavy (non-hydrogen) atoms. The van der Waals surface area contributed by atoms with E-state index in [4.69, 9.17) is 28.6 Å². The highest BCUT2D eigenvalue weighted by molar-refractivity contribution is 7.80. The molecule has 1 aliphatic carbocycles. The second-order valence-corrected chi connectivity index (χ2v) is 8.54. The molecule has 6 nitrogen and oxygen atoms in total. The lowest BCUT2D eigenvalue weighted by Crippen LogP contribution is -2.20. The number of methoxy groups -OCH3 is 1. The van der Waals surface area contributed by atoms with Crippen LogP contribution in [0.3, 0.4) is 0 Å². The van der Waals surface area contributed by atoms with E-state index >= 15 is 0 Å². The van der Waals surface area contributed by atoms with Crippen molar-refractivity contribution in [3.05, 3.63) is 63.1 Å². The molecule has 0 spiro atoms. The van der Waals surface area contributed by atoms with Crippen LogP contribution in [0.5, 0.6) is 0 Å². The number of aryl methyl sites for hydroxylation is 1. The van der Waals surface area contributed by atoms with E-state index in [2.05, 4.69) is 15.7 Å². The number of ether oxygens (including phenoxy) is 1. The Kier molecular flexibility index (Phi) is 5.84. The molecule has 150 valence electrons. The van der Waals surface area contributed by atoms with Crippen molar-refractivity contribution < 1.29 is 9.53 Å². The summed E-state index contributed by atoms with van der Waals surface area (Å²) < 4.78 is 6.75. The van der Waals surface area contributed by atoms with Gasteiger partial charge in [-0.2, -0.15) is 5.10 Å². The SMILES string of the molecule is COC(=O)c1c(NC(=S)Nc2ccn(Cc3ccccc3Cl)n2)sc2c1CCC2. The van der Waals surface area contributed by atoms with Gasteiger partial charge in [0.05, 0.1) is 19.2 Å². The van der Waals surface area contributed by atoms with Crippen molar-refractivity contribution >= 4 is 57.1 Å². The molecule has 2 heterocycles. The molecule has 0 fully saturated rings. The number of rotatable bonds is 5. The third-order valence-corrected chi connectivity index (χ3v) is 6.49. The predicted octanol–water partition coefficient (Wildman–Crippen LogP) is 4.73.